The summed E-state index contributed by atoms with van der Waals surface area (Å²) in [7, 11) is 0. The third-order valence-corrected chi connectivity index (χ3v) is 3.26. The highest BCUT2D eigenvalue weighted by molar-refractivity contribution is 5.80. The molecule has 0 spiro atoms. The summed E-state index contributed by atoms with van der Waals surface area (Å²) in [6, 6.07) is 0. The fourth-order valence-corrected chi connectivity index (χ4v) is 2.08. The molecule has 1 saturated carbocycles. The van der Waals surface area contributed by atoms with E-state index in [0.717, 1.165) is 25.7 Å². The molecule has 3 N–H and O–H groups in total. The number of ether oxygens (including phenoxy) is 1. The van der Waals surface area contributed by atoms with Gasteiger partial charge in [0, 0.05) is 12.1 Å². The van der Waals surface area contributed by atoms with E-state index in [2.05, 4.69) is 11.9 Å². The first kappa shape index (κ1) is 14.2. The van der Waals surface area contributed by atoms with Crippen LogP contribution in [0.5, 0.6) is 0 Å². The molecule has 1 atom stereocenters. The molecular formula is C13H24N2O2. The van der Waals surface area contributed by atoms with Gasteiger partial charge in [-0.25, -0.2) is 0 Å². The number of hydrogen-bond donors (Lipinski definition) is 2. The number of amides is 1. The van der Waals surface area contributed by atoms with Gasteiger partial charge in [0.2, 0.25) is 5.91 Å². The highest BCUT2D eigenvalue weighted by atomic mass is 16.5. The van der Waals surface area contributed by atoms with Crippen LogP contribution in [-0.2, 0) is 9.53 Å². The first-order chi connectivity index (χ1) is 8.07. The van der Waals surface area contributed by atoms with E-state index >= 15 is 0 Å². The Morgan fingerprint density at radius 2 is 2.18 bits per heavy atom. The molecule has 17 heavy (non-hydrogen) atoms. The van der Waals surface area contributed by atoms with E-state index in [1.165, 1.54) is 6.42 Å². The summed E-state index contributed by atoms with van der Waals surface area (Å²) < 4.78 is 5.57. The van der Waals surface area contributed by atoms with Crippen LogP contribution in [0.3, 0.4) is 0 Å². The minimum Gasteiger partial charge on any atom is -0.367 e. The molecule has 1 aliphatic carbocycles. The minimum absolute atomic E-state index is 0.107. The fraction of sp³-hybridized carbons (Fsp3) is 0.769. The van der Waals surface area contributed by atoms with E-state index < -0.39 is 6.10 Å². The van der Waals surface area contributed by atoms with Gasteiger partial charge in [0.15, 0.2) is 0 Å². The molecule has 0 aromatic heterocycles. The Labute approximate surface area is 104 Å². The Morgan fingerprint density at radius 1 is 1.53 bits per heavy atom. The van der Waals surface area contributed by atoms with Gasteiger partial charge in [0.1, 0.15) is 6.10 Å². The van der Waals surface area contributed by atoms with Crippen LogP contribution in [0.4, 0.5) is 0 Å². The number of nitrogens with two attached hydrogens (primary N) is 1. The van der Waals surface area contributed by atoms with Crippen LogP contribution in [0, 0.1) is 0 Å². The van der Waals surface area contributed by atoms with Crippen LogP contribution in [0.2, 0.25) is 0 Å². The maximum absolute atomic E-state index is 11.6. The van der Waals surface area contributed by atoms with Crippen LogP contribution < -0.4 is 11.1 Å². The largest absolute Gasteiger partial charge is 0.367 e. The Kier molecular flexibility index (Phi) is 5.65. The van der Waals surface area contributed by atoms with Gasteiger partial charge in [0.05, 0.1) is 6.61 Å². The summed E-state index contributed by atoms with van der Waals surface area (Å²) in [4.78, 5) is 11.6. The zero-order valence-electron chi connectivity index (χ0n) is 10.7. The van der Waals surface area contributed by atoms with Gasteiger partial charge in [-0.05, 0) is 19.8 Å². The summed E-state index contributed by atoms with van der Waals surface area (Å²) in [5.74, 6) is -0.107. The molecule has 0 aromatic carbocycles. The maximum atomic E-state index is 11.6. The molecule has 0 heterocycles. The standard InChI is InChI=1S/C13H24N2O2/c1-3-9-15-12(16)11(2)17-10-13(14)7-5-4-6-8-13/h3,11H,1,4-10,14H2,2H3,(H,15,16). The Morgan fingerprint density at radius 3 is 2.76 bits per heavy atom. The zero-order chi connectivity index (χ0) is 12.7. The Bertz CT molecular complexity index is 260. The molecule has 0 bridgehead atoms. The van der Waals surface area contributed by atoms with Crippen molar-refractivity contribution < 1.29 is 9.53 Å². The van der Waals surface area contributed by atoms with Gasteiger partial charge >= 0.3 is 0 Å². The molecule has 0 aromatic rings. The molecule has 1 unspecified atom stereocenters. The van der Waals surface area contributed by atoms with Crippen molar-refractivity contribution in [2.75, 3.05) is 13.2 Å². The van der Waals surface area contributed by atoms with Crippen LogP contribution in [0.1, 0.15) is 39.0 Å². The second-order valence-electron chi connectivity index (χ2n) is 4.91. The normalized spacial score (nSPS) is 20.6. The van der Waals surface area contributed by atoms with Crippen LogP contribution in [0.25, 0.3) is 0 Å². The molecule has 1 rings (SSSR count). The highest BCUT2D eigenvalue weighted by Gasteiger charge is 2.29. The topological polar surface area (TPSA) is 64.3 Å². The van der Waals surface area contributed by atoms with Crippen molar-refractivity contribution in [2.24, 2.45) is 5.73 Å². The number of carbonyl (C=O) groups excluding carboxylic acids is 1. The lowest BCUT2D eigenvalue weighted by atomic mass is 9.83. The van der Waals surface area contributed by atoms with Gasteiger partial charge in [-0.3, -0.25) is 4.79 Å². The monoisotopic (exact) mass is 240 g/mol. The molecule has 4 nitrogen and oxygen atoms in total. The predicted molar refractivity (Wildman–Crippen MR) is 68.6 cm³/mol. The second kappa shape index (κ2) is 6.77. The lowest BCUT2D eigenvalue weighted by Gasteiger charge is -2.33. The third kappa shape index (κ3) is 4.88. The number of nitrogens with one attached hydrogen (secondary N) is 1. The molecular weight excluding hydrogens is 216 g/mol. The first-order valence-corrected chi connectivity index (χ1v) is 6.36. The second-order valence-corrected chi connectivity index (χ2v) is 4.91. The minimum atomic E-state index is -0.447. The third-order valence-electron chi connectivity index (χ3n) is 3.26. The van der Waals surface area contributed by atoms with Gasteiger partial charge in [-0.15, -0.1) is 6.58 Å². The van der Waals surface area contributed by atoms with Crippen LogP contribution in [0.15, 0.2) is 12.7 Å². The van der Waals surface area contributed by atoms with E-state index in [1.54, 1.807) is 13.0 Å². The molecule has 0 radical (unpaired) electrons. The summed E-state index contributed by atoms with van der Waals surface area (Å²) >= 11 is 0. The van der Waals surface area contributed by atoms with Crippen molar-refractivity contribution in [3.63, 3.8) is 0 Å². The number of hydrogen-bond acceptors (Lipinski definition) is 3. The number of carbonyl (C=O) groups is 1. The van der Waals surface area contributed by atoms with Gasteiger partial charge < -0.3 is 15.8 Å². The molecule has 1 fully saturated rings. The average molecular weight is 240 g/mol. The molecule has 98 valence electrons. The van der Waals surface area contributed by atoms with E-state index in [9.17, 15) is 4.79 Å². The van der Waals surface area contributed by atoms with E-state index in [0.29, 0.717) is 13.2 Å². The highest BCUT2D eigenvalue weighted by Crippen LogP contribution is 2.26. The van der Waals surface area contributed by atoms with Crippen molar-refractivity contribution in [1.29, 1.82) is 0 Å². The SMILES string of the molecule is C=CCNC(=O)C(C)OCC1(N)CCCCC1. The lowest BCUT2D eigenvalue weighted by molar-refractivity contribution is -0.132. The lowest BCUT2D eigenvalue weighted by Crippen LogP contribution is -2.48. The molecule has 1 amide bonds. The quantitative estimate of drug-likeness (QED) is 0.689. The average Bonchev–Trinajstić information content (AvgIpc) is 2.34. The van der Waals surface area contributed by atoms with Crippen molar-refractivity contribution in [1.82, 2.24) is 5.32 Å². The summed E-state index contributed by atoms with van der Waals surface area (Å²) in [6.07, 6.45) is 6.78. The summed E-state index contributed by atoms with van der Waals surface area (Å²) in [6.45, 7) is 6.24. The van der Waals surface area contributed by atoms with Gasteiger partial charge in [-0.1, -0.05) is 25.3 Å². The van der Waals surface area contributed by atoms with Crippen molar-refractivity contribution in [3.05, 3.63) is 12.7 Å². The predicted octanol–water partition coefficient (Wildman–Crippen LogP) is 1.36. The zero-order valence-corrected chi connectivity index (χ0v) is 10.7. The van der Waals surface area contributed by atoms with Crippen molar-refractivity contribution in [3.8, 4) is 0 Å². The van der Waals surface area contributed by atoms with E-state index in [4.69, 9.17) is 10.5 Å². The smallest absolute Gasteiger partial charge is 0.249 e. The molecule has 1 aliphatic rings. The molecule has 0 saturated heterocycles. The summed E-state index contributed by atoms with van der Waals surface area (Å²) in [5, 5.41) is 2.71. The Hall–Kier alpha value is -0.870. The van der Waals surface area contributed by atoms with Gasteiger partial charge in [-0.2, -0.15) is 0 Å². The van der Waals surface area contributed by atoms with E-state index in [1.807, 2.05) is 0 Å². The molecule has 4 heteroatoms. The van der Waals surface area contributed by atoms with Crippen molar-refractivity contribution >= 4 is 5.91 Å². The fourth-order valence-electron chi connectivity index (χ4n) is 2.08. The van der Waals surface area contributed by atoms with Crippen molar-refractivity contribution in [2.45, 2.75) is 50.7 Å². The maximum Gasteiger partial charge on any atom is 0.249 e. The number of rotatable bonds is 6. The first-order valence-electron chi connectivity index (χ1n) is 6.36. The van der Waals surface area contributed by atoms with Crippen LogP contribution in [-0.4, -0.2) is 30.7 Å². The molecule has 0 aliphatic heterocycles. The van der Waals surface area contributed by atoms with Crippen LogP contribution >= 0.6 is 0 Å². The van der Waals surface area contributed by atoms with Gasteiger partial charge in [0.25, 0.3) is 0 Å². The summed E-state index contributed by atoms with van der Waals surface area (Å²) in [5.41, 5.74) is 6.00. The van der Waals surface area contributed by atoms with E-state index in [-0.39, 0.29) is 11.4 Å². The Balaban J connectivity index is 2.28.